The van der Waals surface area contributed by atoms with E-state index >= 15 is 0 Å². The predicted octanol–water partition coefficient (Wildman–Crippen LogP) is 1.38. The summed E-state index contributed by atoms with van der Waals surface area (Å²) in [5, 5.41) is 2.76. The van der Waals surface area contributed by atoms with Gasteiger partial charge in [0.15, 0.2) is 0 Å². The third-order valence-corrected chi connectivity index (χ3v) is 4.02. The van der Waals surface area contributed by atoms with Crippen molar-refractivity contribution in [3.05, 3.63) is 35.9 Å². The highest BCUT2D eigenvalue weighted by Crippen LogP contribution is 2.10. The van der Waals surface area contributed by atoms with E-state index in [1.807, 2.05) is 34.9 Å². The Morgan fingerprint density at radius 3 is 2.47 bits per heavy atom. The van der Waals surface area contributed by atoms with Crippen LogP contribution in [0.5, 0.6) is 0 Å². The third-order valence-electron chi connectivity index (χ3n) is 3.08. The summed E-state index contributed by atoms with van der Waals surface area (Å²) in [6, 6.07) is 8.48. The number of nitrogens with zero attached hydrogens (tertiary/aromatic N) is 1. The normalized spacial score (nSPS) is 16.8. The molecule has 1 fully saturated rings. The van der Waals surface area contributed by atoms with Gasteiger partial charge in [-0.25, -0.2) is 0 Å². The minimum Gasteiger partial charge on any atom is -0.341 e. The van der Waals surface area contributed by atoms with Crippen molar-refractivity contribution >= 4 is 23.6 Å². The van der Waals surface area contributed by atoms with E-state index in [-0.39, 0.29) is 11.8 Å². The van der Waals surface area contributed by atoms with Gasteiger partial charge in [-0.1, -0.05) is 18.2 Å². The third kappa shape index (κ3) is 3.73. The number of hydrogen-bond donors (Lipinski definition) is 1. The quantitative estimate of drug-likeness (QED) is 0.909. The Morgan fingerprint density at radius 2 is 1.84 bits per heavy atom. The van der Waals surface area contributed by atoms with Crippen molar-refractivity contribution in [3.8, 4) is 0 Å². The summed E-state index contributed by atoms with van der Waals surface area (Å²) in [5.74, 6) is 1.76. The Balaban J connectivity index is 1.91. The summed E-state index contributed by atoms with van der Waals surface area (Å²) in [6.07, 6.45) is 0. The molecule has 1 aromatic rings. The number of benzene rings is 1. The van der Waals surface area contributed by atoms with Crippen molar-refractivity contribution in [1.82, 2.24) is 10.2 Å². The molecule has 102 valence electrons. The summed E-state index contributed by atoms with van der Waals surface area (Å²) in [6.45, 7) is 3.29. The molecule has 1 saturated heterocycles. The largest absolute Gasteiger partial charge is 0.341 e. The lowest BCUT2D eigenvalue weighted by Gasteiger charge is -2.29. The van der Waals surface area contributed by atoms with Crippen LogP contribution >= 0.6 is 11.8 Å². The zero-order valence-corrected chi connectivity index (χ0v) is 11.8. The molecule has 0 unspecified atom stereocenters. The van der Waals surface area contributed by atoms with Crippen molar-refractivity contribution in [1.29, 1.82) is 0 Å². The molecule has 1 atom stereocenters. The van der Waals surface area contributed by atoms with Crippen LogP contribution in [0.4, 0.5) is 0 Å². The summed E-state index contributed by atoms with van der Waals surface area (Å²) >= 11 is 1.86. The Bertz CT molecular complexity index is 444. The lowest BCUT2D eigenvalue weighted by Crippen LogP contribution is -2.49. The van der Waals surface area contributed by atoms with E-state index in [9.17, 15) is 9.59 Å². The first kappa shape index (κ1) is 13.9. The van der Waals surface area contributed by atoms with Gasteiger partial charge in [0, 0.05) is 30.2 Å². The second-order valence-corrected chi connectivity index (χ2v) is 5.72. The fourth-order valence-corrected chi connectivity index (χ4v) is 2.89. The fraction of sp³-hybridized carbons (Fsp3) is 0.429. The molecule has 19 heavy (non-hydrogen) atoms. The van der Waals surface area contributed by atoms with Crippen LogP contribution in [0.2, 0.25) is 0 Å². The van der Waals surface area contributed by atoms with Crippen molar-refractivity contribution in [2.45, 2.75) is 13.0 Å². The lowest BCUT2D eigenvalue weighted by molar-refractivity contribution is -0.132. The molecular formula is C14H18N2O2S. The summed E-state index contributed by atoms with van der Waals surface area (Å²) in [4.78, 5) is 25.9. The summed E-state index contributed by atoms with van der Waals surface area (Å²) in [7, 11) is 0. The molecule has 2 amide bonds. The van der Waals surface area contributed by atoms with Gasteiger partial charge in [-0.15, -0.1) is 0 Å². The highest BCUT2D eigenvalue weighted by Gasteiger charge is 2.23. The van der Waals surface area contributed by atoms with Gasteiger partial charge in [0.2, 0.25) is 5.91 Å². The van der Waals surface area contributed by atoms with Crippen LogP contribution in [0.1, 0.15) is 17.3 Å². The second-order valence-electron chi connectivity index (χ2n) is 4.50. The van der Waals surface area contributed by atoms with Crippen LogP contribution in [0, 0.1) is 0 Å². The molecule has 1 aliphatic heterocycles. The van der Waals surface area contributed by atoms with Gasteiger partial charge >= 0.3 is 0 Å². The summed E-state index contributed by atoms with van der Waals surface area (Å²) in [5.41, 5.74) is 0.580. The van der Waals surface area contributed by atoms with Crippen LogP contribution in [0.3, 0.4) is 0 Å². The Kier molecular flexibility index (Phi) is 4.85. The van der Waals surface area contributed by atoms with E-state index in [0.717, 1.165) is 24.6 Å². The first-order chi connectivity index (χ1) is 9.18. The number of rotatable bonds is 3. The van der Waals surface area contributed by atoms with E-state index in [1.165, 1.54) is 0 Å². The molecule has 4 nitrogen and oxygen atoms in total. The van der Waals surface area contributed by atoms with Gasteiger partial charge in [-0.2, -0.15) is 11.8 Å². The number of hydrogen-bond acceptors (Lipinski definition) is 3. The van der Waals surface area contributed by atoms with E-state index in [4.69, 9.17) is 0 Å². The van der Waals surface area contributed by atoms with Gasteiger partial charge in [-0.05, 0) is 19.1 Å². The molecule has 0 bridgehead atoms. The molecule has 1 aliphatic rings. The molecule has 1 heterocycles. The first-order valence-corrected chi connectivity index (χ1v) is 7.56. The molecule has 0 aromatic heterocycles. The van der Waals surface area contributed by atoms with Gasteiger partial charge in [-0.3, -0.25) is 9.59 Å². The fourth-order valence-electron chi connectivity index (χ4n) is 1.99. The smallest absolute Gasteiger partial charge is 0.251 e. The maximum absolute atomic E-state index is 12.2. The van der Waals surface area contributed by atoms with Crippen LogP contribution in [0.25, 0.3) is 0 Å². The predicted molar refractivity (Wildman–Crippen MR) is 77.3 cm³/mol. The van der Waals surface area contributed by atoms with Crippen molar-refractivity contribution in [2.24, 2.45) is 0 Å². The highest BCUT2D eigenvalue weighted by atomic mass is 32.2. The van der Waals surface area contributed by atoms with Gasteiger partial charge in [0.25, 0.3) is 5.91 Å². The maximum atomic E-state index is 12.2. The molecule has 2 rings (SSSR count). The van der Waals surface area contributed by atoms with Crippen LogP contribution < -0.4 is 5.32 Å². The van der Waals surface area contributed by atoms with E-state index in [0.29, 0.717) is 5.56 Å². The zero-order valence-electron chi connectivity index (χ0n) is 11.0. The Labute approximate surface area is 117 Å². The number of carbonyl (C=O) groups is 2. The monoisotopic (exact) mass is 278 g/mol. The molecule has 0 aliphatic carbocycles. The Morgan fingerprint density at radius 1 is 1.21 bits per heavy atom. The molecule has 1 N–H and O–H groups in total. The van der Waals surface area contributed by atoms with Crippen molar-refractivity contribution in [3.63, 3.8) is 0 Å². The molecule has 1 aromatic carbocycles. The van der Waals surface area contributed by atoms with Crippen LogP contribution in [-0.4, -0.2) is 47.4 Å². The lowest BCUT2D eigenvalue weighted by atomic mass is 10.2. The SMILES string of the molecule is C[C@H](NC(=O)c1ccccc1)C(=O)N1CCSCC1. The topological polar surface area (TPSA) is 49.4 Å². The van der Waals surface area contributed by atoms with Crippen molar-refractivity contribution in [2.75, 3.05) is 24.6 Å². The van der Waals surface area contributed by atoms with Gasteiger partial charge in [0.1, 0.15) is 6.04 Å². The molecule has 0 radical (unpaired) electrons. The number of amides is 2. The average molecular weight is 278 g/mol. The van der Waals surface area contributed by atoms with Crippen molar-refractivity contribution < 1.29 is 9.59 Å². The van der Waals surface area contributed by atoms with Crippen LogP contribution in [0.15, 0.2) is 30.3 Å². The number of nitrogens with one attached hydrogen (secondary N) is 1. The van der Waals surface area contributed by atoms with E-state index in [2.05, 4.69) is 5.32 Å². The first-order valence-electron chi connectivity index (χ1n) is 6.41. The summed E-state index contributed by atoms with van der Waals surface area (Å²) < 4.78 is 0. The minimum atomic E-state index is -0.476. The molecule has 0 saturated carbocycles. The van der Waals surface area contributed by atoms with Crippen LogP contribution in [-0.2, 0) is 4.79 Å². The minimum absolute atomic E-state index is 0.00424. The standard InChI is InChI=1S/C14H18N2O2S/c1-11(14(18)16-7-9-19-10-8-16)15-13(17)12-5-3-2-4-6-12/h2-6,11H,7-10H2,1H3,(H,15,17)/t11-/m0/s1. The zero-order chi connectivity index (χ0) is 13.7. The maximum Gasteiger partial charge on any atom is 0.251 e. The van der Waals surface area contributed by atoms with Gasteiger partial charge in [0.05, 0.1) is 0 Å². The van der Waals surface area contributed by atoms with Gasteiger partial charge < -0.3 is 10.2 Å². The molecule has 5 heteroatoms. The van der Waals surface area contributed by atoms with E-state index in [1.54, 1.807) is 19.1 Å². The Hall–Kier alpha value is -1.49. The molecule has 0 spiro atoms. The average Bonchev–Trinajstić information content (AvgIpc) is 2.48. The highest BCUT2D eigenvalue weighted by molar-refractivity contribution is 7.99. The molecular weight excluding hydrogens is 260 g/mol. The number of thioether (sulfide) groups is 1. The second kappa shape index (κ2) is 6.61. The number of carbonyl (C=O) groups excluding carboxylic acids is 2. The van der Waals surface area contributed by atoms with E-state index < -0.39 is 6.04 Å².